The van der Waals surface area contributed by atoms with E-state index >= 15 is 0 Å². The van der Waals surface area contributed by atoms with Crippen LogP contribution in [0.25, 0.3) is 0 Å². The molecule has 0 radical (unpaired) electrons. The molecule has 102 valence electrons. The average molecular weight is 250 g/mol. The summed E-state index contributed by atoms with van der Waals surface area (Å²) < 4.78 is 1.88. The Morgan fingerprint density at radius 1 is 1.50 bits per heavy atom. The number of piperidine rings is 1. The lowest BCUT2D eigenvalue weighted by Crippen LogP contribution is -2.45. The Morgan fingerprint density at radius 3 is 2.89 bits per heavy atom. The lowest BCUT2D eigenvalue weighted by atomic mass is 10.0. The van der Waals surface area contributed by atoms with E-state index in [-0.39, 0.29) is 0 Å². The van der Waals surface area contributed by atoms with Crippen molar-refractivity contribution in [3.63, 3.8) is 0 Å². The van der Waals surface area contributed by atoms with Gasteiger partial charge < -0.3 is 5.32 Å². The van der Waals surface area contributed by atoms with E-state index in [9.17, 15) is 0 Å². The minimum Gasteiger partial charge on any atom is -0.313 e. The molecule has 0 spiro atoms. The third kappa shape index (κ3) is 3.82. The molecule has 0 bridgehead atoms. The Labute approximate surface area is 110 Å². The first-order chi connectivity index (χ1) is 8.65. The Bertz CT molecular complexity index is 352. The lowest BCUT2D eigenvalue weighted by Gasteiger charge is -2.32. The molecule has 2 heterocycles. The smallest absolute Gasteiger partial charge is 0.0534 e. The van der Waals surface area contributed by atoms with E-state index in [4.69, 9.17) is 0 Å². The maximum absolute atomic E-state index is 4.25. The fraction of sp³-hybridized carbons (Fsp3) is 0.786. The summed E-state index contributed by atoms with van der Waals surface area (Å²) in [6.45, 7) is 7.89. The van der Waals surface area contributed by atoms with Crippen LogP contribution in [0.1, 0.15) is 38.7 Å². The second-order valence-electron chi connectivity index (χ2n) is 5.69. The van der Waals surface area contributed by atoms with Crippen molar-refractivity contribution in [1.82, 2.24) is 20.0 Å². The molecule has 4 heteroatoms. The first-order valence-electron chi connectivity index (χ1n) is 7.10. The van der Waals surface area contributed by atoms with Gasteiger partial charge >= 0.3 is 0 Å². The van der Waals surface area contributed by atoms with E-state index in [1.165, 1.54) is 31.4 Å². The summed E-state index contributed by atoms with van der Waals surface area (Å²) in [7, 11) is 1.98. The zero-order chi connectivity index (χ0) is 13.0. The topological polar surface area (TPSA) is 33.1 Å². The minimum atomic E-state index is 0.578. The fourth-order valence-electron chi connectivity index (χ4n) is 2.61. The molecule has 1 atom stereocenters. The van der Waals surface area contributed by atoms with Gasteiger partial charge in [-0.15, -0.1) is 0 Å². The molecule has 1 N–H and O–H groups in total. The number of aromatic nitrogens is 2. The van der Waals surface area contributed by atoms with Crippen LogP contribution in [0.4, 0.5) is 0 Å². The molecule has 0 amide bonds. The van der Waals surface area contributed by atoms with Gasteiger partial charge in [0, 0.05) is 44.0 Å². The normalized spacial score (nSPS) is 20.8. The van der Waals surface area contributed by atoms with E-state index in [0.717, 1.165) is 13.1 Å². The number of nitrogens with zero attached hydrogens (tertiary/aromatic N) is 3. The molecule has 1 aliphatic heterocycles. The quantitative estimate of drug-likeness (QED) is 0.864. The molecule has 1 unspecified atom stereocenters. The second-order valence-corrected chi connectivity index (χ2v) is 5.69. The van der Waals surface area contributed by atoms with Crippen LogP contribution < -0.4 is 5.32 Å². The Balaban J connectivity index is 1.90. The highest BCUT2D eigenvalue weighted by Crippen LogP contribution is 2.13. The molecule has 1 fully saturated rings. The molecule has 0 saturated carbocycles. The summed E-state index contributed by atoms with van der Waals surface area (Å²) in [6.07, 6.45) is 8.11. The van der Waals surface area contributed by atoms with Crippen molar-refractivity contribution in [2.75, 3.05) is 13.1 Å². The first kappa shape index (κ1) is 13.6. The maximum atomic E-state index is 4.25. The maximum Gasteiger partial charge on any atom is 0.0534 e. The third-order valence-corrected chi connectivity index (χ3v) is 3.74. The predicted molar refractivity (Wildman–Crippen MR) is 74.4 cm³/mol. The van der Waals surface area contributed by atoms with Crippen molar-refractivity contribution in [3.05, 3.63) is 18.0 Å². The van der Waals surface area contributed by atoms with Gasteiger partial charge in [-0.25, -0.2) is 0 Å². The number of aryl methyl sites for hydroxylation is 1. The zero-order valence-corrected chi connectivity index (χ0v) is 11.9. The predicted octanol–water partition coefficient (Wildman–Crippen LogP) is 1.77. The average Bonchev–Trinajstić information content (AvgIpc) is 2.75. The van der Waals surface area contributed by atoms with Crippen molar-refractivity contribution in [3.8, 4) is 0 Å². The van der Waals surface area contributed by atoms with Gasteiger partial charge in [0.25, 0.3) is 0 Å². The van der Waals surface area contributed by atoms with Crippen LogP contribution in [0.2, 0.25) is 0 Å². The van der Waals surface area contributed by atoms with E-state index in [1.807, 2.05) is 17.9 Å². The van der Waals surface area contributed by atoms with Crippen LogP contribution in [0.5, 0.6) is 0 Å². The van der Waals surface area contributed by atoms with Crippen molar-refractivity contribution in [2.45, 2.75) is 51.7 Å². The molecular formula is C14H26N4. The standard InChI is InChI=1S/C14H26N4/c1-12(2)18(10-13-8-16-17(3)9-13)11-14-6-4-5-7-15-14/h8-9,12,14-15H,4-7,10-11H2,1-3H3. The highest BCUT2D eigenvalue weighted by Gasteiger charge is 2.19. The van der Waals surface area contributed by atoms with Gasteiger partial charge in [-0.3, -0.25) is 9.58 Å². The molecule has 2 rings (SSSR count). The van der Waals surface area contributed by atoms with Gasteiger partial charge in [-0.05, 0) is 33.2 Å². The van der Waals surface area contributed by atoms with Crippen LogP contribution in [0.15, 0.2) is 12.4 Å². The van der Waals surface area contributed by atoms with E-state index in [1.54, 1.807) is 0 Å². The number of hydrogen-bond acceptors (Lipinski definition) is 3. The Kier molecular flexibility index (Phi) is 4.78. The van der Waals surface area contributed by atoms with Gasteiger partial charge in [0.2, 0.25) is 0 Å². The summed E-state index contributed by atoms with van der Waals surface area (Å²) in [5.74, 6) is 0. The van der Waals surface area contributed by atoms with E-state index in [2.05, 4.69) is 35.4 Å². The summed E-state index contributed by atoms with van der Waals surface area (Å²) in [6, 6.07) is 1.24. The van der Waals surface area contributed by atoms with Crippen LogP contribution >= 0.6 is 0 Å². The van der Waals surface area contributed by atoms with Crippen molar-refractivity contribution >= 4 is 0 Å². The van der Waals surface area contributed by atoms with Crippen LogP contribution in [-0.2, 0) is 13.6 Å². The first-order valence-corrected chi connectivity index (χ1v) is 7.10. The third-order valence-electron chi connectivity index (χ3n) is 3.74. The largest absolute Gasteiger partial charge is 0.313 e. The molecule has 0 aliphatic carbocycles. The number of hydrogen-bond donors (Lipinski definition) is 1. The molecule has 1 aliphatic rings. The molecule has 18 heavy (non-hydrogen) atoms. The highest BCUT2D eigenvalue weighted by molar-refractivity contribution is 5.03. The van der Waals surface area contributed by atoms with Crippen LogP contribution in [0, 0.1) is 0 Å². The fourth-order valence-corrected chi connectivity index (χ4v) is 2.61. The van der Waals surface area contributed by atoms with Crippen LogP contribution in [0.3, 0.4) is 0 Å². The summed E-state index contributed by atoms with van der Waals surface area (Å²) in [4.78, 5) is 2.54. The van der Waals surface area contributed by atoms with Gasteiger partial charge in [0.1, 0.15) is 0 Å². The second kappa shape index (κ2) is 6.34. The lowest BCUT2D eigenvalue weighted by molar-refractivity contribution is 0.177. The van der Waals surface area contributed by atoms with Crippen molar-refractivity contribution < 1.29 is 0 Å². The minimum absolute atomic E-state index is 0.578. The highest BCUT2D eigenvalue weighted by atomic mass is 15.2. The molecule has 1 aromatic heterocycles. The van der Waals surface area contributed by atoms with Crippen molar-refractivity contribution in [2.24, 2.45) is 7.05 Å². The van der Waals surface area contributed by atoms with Gasteiger partial charge in [-0.2, -0.15) is 5.10 Å². The van der Waals surface area contributed by atoms with Gasteiger partial charge in [0.05, 0.1) is 6.20 Å². The molecule has 0 aromatic carbocycles. The molecule has 4 nitrogen and oxygen atoms in total. The zero-order valence-electron chi connectivity index (χ0n) is 11.9. The summed E-state index contributed by atoms with van der Waals surface area (Å²) >= 11 is 0. The van der Waals surface area contributed by atoms with Crippen molar-refractivity contribution in [1.29, 1.82) is 0 Å². The SMILES string of the molecule is CC(C)N(Cc1cnn(C)c1)CC1CCCCN1. The van der Waals surface area contributed by atoms with E-state index in [0.29, 0.717) is 12.1 Å². The number of nitrogens with one attached hydrogen (secondary N) is 1. The van der Waals surface area contributed by atoms with Gasteiger partial charge in [0.15, 0.2) is 0 Å². The molecule has 1 aromatic rings. The Morgan fingerprint density at radius 2 is 2.33 bits per heavy atom. The Hall–Kier alpha value is -0.870. The summed E-state index contributed by atoms with van der Waals surface area (Å²) in [5.41, 5.74) is 1.31. The monoisotopic (exact) mass is 250 g/mol. The molecular weight excluding hydrogens is 224 g/mol. The number of rotatable bonds is 5. The van der Waals surface area contributed by atoms with E-state index < -0.39 is 0 Å². The summed E-state index contributed by atoms with van der Waals surface area (Å²) in [5, 5.41) is 7.88. The van der Waals surface area contributed by atoms with Crippen LogP contribution in [-0.4, -0.2) is 39.9 Å². The molecule has 1 saturated heterocycles. The van der Waals surface area contributed by atoms with Gasteiger partial charge in [-0.1, -0.05) is 6.42 Å².